The molecule has 7 nitrogen and oxygen atoms in total. The molecule has 3 aliphatic rings. The van der Waals surface area contributed by atoms with Crippen molar-refractivity contribution in [3.63, 3.8) is 0 Å². The predicted molar refractivity (Wildman–Crippen MR) is 109 cm³/mol. The van der Waals surface area contributed by atoms with Crippen LogP contribution in [-0.2, 0) is 14.3 Å². The number of ether oxygens (including phenoxy) is 1. The zero-order chi connectivity index (χ0) is 19.8. The highest BCUT2D eigenvalue weighted by molar-refractivity contribution is 5.76. The van der Waals surface area contributed by atoms with Crippen LogP contribution in [0.4, 0.5) is 0 Å². The van der Waals surface area contributed by atoms with Crippen LogP contribution in [0.1, 0.15) is 44.9 Å². The van der Waals surface area contributed by atoms with E-state index in [1.807, 2.05) is 4.90 Å². The van der Waals surface area contributed by atoms with Crippen molar-refractivity contribution >= 4 is 11.9 Å². The lowest BCUT2D eigenvalue weighted by atomic mass is 10.0. The van der Waals surface area contributed by atoms with E-state index in [-0.39, 0.29) is 11.9 Å². The van der Waals surface area contributed by atoms with E-state index in [9.17, 15) is 9.59 Å². The van der Waals surface area contributed by atoms with Gasteiger partial charge in [0.05, 0.1) is 13.0 Å². The highest BCUT2D eigenvalue weighted by atomic mass is 16.5. The van der Waals surface area contributed by atoms with E-state index < -0.39 is 0 Å². The van der Waals surface area contributed by atoms with Crippen molar-refractivity contribution in [2.24, 2.45) is 0 Å². The predicted octanol–water partition coefficient (Wildman–Crippen LogP) is 1.03. The van der Waals surface area contributed by atoms with Crippen molar-refractivity contribution in [1.29, 1.82) is 0 Å². The normalized spacial score (nSPS) is 23.9. The topological polar surface area (TPSA) is 56.3 Å². The molecule has 3 heterocycles. The summed E-state index contributed by atoms with van der Waals surface area (Å²) in [6.45, 7) is 9.71. The van der Waals surface area contributed by atoms with Gasteiger partial charge in [-0.25, -0.2) is 0 Å². The third-order valence-corrected chi connectivity index (χ3v) is 6.50. The fourth-order valence-electron chi connectivity index (χ4n) is 4.56. The molecule has 0 N–H and O–H groups in total. The van der Waals surface area contributed by atoms with Crippen LogP contribution < -0.4 is 0 Å². The molecule has 0 bridgehead atoms. The summed E-state index contributed by atoms with van der Waals surface area (Å²) in [4.78, 5) is 33.1. The molecule has 1 amide bonds. The molecular formula is C21H38N4O3. The molecular weight excluding hydrogens is 356 g/mol. The minimum atomic E-state index is -0.105. The molecule has 0 aromatic carbocycles. The van der Waals surface area contributed by atoms with Crippen molar-refractivity contribution in [2.45, 2.75) is 51.0 Å². The second-order valence-corrected chi connectivity index (χ2v) is 8.57. The number of hydrogen-bond acceptors (Lipinski definition) is 6. The third-order valence-electron chi connectivity index (χ3n) is 6.50. The van der Waals surface area contributed by atoms with E-state index >= 15 is 0 Å². The molecule has 3 rings (SSSR count). The first-order valence-corrected chi connectivity index (χ1v) is 11.2. The largest absolute Gasteiger partial charge is 0.466 e. The molecule has 0 aliphatic carbocycles. The molecule has 3 saturated heterocycles. The van der Waals surface area contributed by atoms with Gasteiger partial charge in [-0.05, 0) is 52.2 Å². The summed E-state index contributed by atoms with van der Waals surface area (Å²) in [6, 6.07) is 0.717. The minimum absolute atomic E-state index is 0.105. The molecule has 0 unspecified atom stereocenters. The number of carbonyl (C=O) groups is 2. The molecule has 0 aromatic heterocycles. The van der Waals surface area contributed by atoms with E-state index in [4.69, 9.17) is 4.74 Å². The zero-order valence-electron chi connectivity index (χ0n) is 17.6. The molecule has 0 radical (unpaired) electrons. The third kappa shape index (κ3) is 6.71. The van der Waals surface area contributed by atoms with Crippen molar-refractivity contribution in [2.75, 3.05) is 72.6 Å². The van der Waals surface area contributed by atoms with Crippen LogP contribution in [0, 0.1) is 0 Å². The molecule has 7 heteroatoms. The fourth-order valence-corrected chi connectivity index (χ4v) is 4.56. The Morgan fingerprint density at radius 3 is 2.46 bits per heavy atom. The SMILES string of the molecule is CN1CCN(C2CCN(CCC(=O)OCCCN3CCCCC3=O)CC2)CC1. The number of piperidine rings is 2. The van der Waals surface area contributed by atoms with Gasteiger partial charge in [0.2, 0.25) is 5.91 Å². The number of likely N-dealkylation sites (tertiary alicyclic amines) is 2. The summed E-state index contributed by atoms with van der Waals surface area (Å²) in [6.07, 6.45) is 6.42. The smallest absolute Gasteiger partial charge is 0.307 e. The number of carbonyl (C=O) groups excluding carboxylic acids is 2. The lowest BCUT2D eigenvalue weighted by Gasteiger charge is -2.42. The maximum Gasteiger partial charge on any atom is 0.307 e. The Kier molecular flexibility index (Phi) is 8.55. The van der Waals surface area contributed by atoms with Crippen molar-refractivity contribution < 1.29 is 14.3 Å². The van der Waals surface area contributed by atoms with Gasteiger partial charge >= 0.3 is 5.97 Å². The standard InChI is InChI=1S/C21H38N4O3/c1-22-14-16-24(17-15-22)19-6-11-23(12-7-19)13-8-21(27)28-18-4-10-25-9-3-2-5-20(25)26/h19H,2-18H2,1H3. The molecule has 28 heavy (non-hydrogen) atoms. The van der Waals surface area contributed by atoms with E-state index in [0.29, 0.717) is 26.0 Å². The monoisotopic (exact) mass is 394 g/mol. The molecule has 3 fully saturated rings. The Balaban J connectivity index is 1.22. The van der Waals surface area contributed by atoms with Crippen LogP contribution in [0.5, 0.6) is 0 Å². The molecule has 0 spiro atoms. The van der Waals surface area contributed by atoms with Gasteiger partial charge in [-0.2, -0.15) is 0 Å². The van der Waals surface area contributed by atoms with Crippen LogP contribution in [0.25, 0.3) is 0 Å². The summed E-state index contributed by atoms with van der Waals surface area (Å²) in [5.41, 5.74) is 0. The highest BCUT2D eigenvalue weighted by Gasteiger charge is 2.26. The van der Waals surface area contributed by atoms with E-state index in [2.05, 4.69) is 21.7 Å². The number of rotatable bonds is 8. The van der Waals surface area contributed by atoms with Crippen LogP contribution in [0.15, 0.2) is 0 Å². The number of likely N-dealkylation sites (N-methyl/N-ethyl adjacent to an activating group) is 1. The van der Waals surface area contributed by atoms with Crippen molar-refractivity contribution in [1.82, 2.24) is 19.6 Å². The summed E-state index contributed by atoms with van der Waals surface area (Å²) in [7, 11) is 2.20. The Bertz CT molecular complexity index is 500. The minimum Gasteiger partial charge on any atom is -0.466 e. The Hall–Kier alpha value is -1.18. The molecule has 0 saturated carbocycles. The molecule has 160 valence electrons. The molecule has 0 aromatic rings. The summed E-state index contributed by atoms with van der Waals surface area (Å²) in [5, 5.41) is 0. The summed E-state index contributed by atoms with van der Waals surface area (Å²) >= 11 is 0. The van der Waals surface area contributed by atoms with Crippen molar-refractivity contribution in [3.05, 3.63) is 0 Å². The maximum absolute atomic E-state index is 12.0. The van der Waals surface area contributed by atoms with E-state index in [0.717, 1.165) is 51.5 Å². The molecule has 3 aliphatic heterocycles. The van der Waals surface area contributed by atoms with Gasteiger partial charge in [-0.1, -0.05) is 0 Å². The summed E-state index contributed by atoms with van der Waals surface area (Å²) in [5.74, 6) is 0.142. The quantitative estimate of drug-likeness (QED) is 0.453. The van der Waals surface area contributed by atoms with E-state index in [1.54, 1.807) is 0 Å². The number of esters is 1. The van der Waals surface area contributed by atoms with Gasteiger partial charge in [0, 0.05) is 58.3 Å². The second-order valence-electron chi connectivity index (χ2n) is 8.57. The van der Waals surface area contributed by atoms with Gasteiger partial charge in [0.1, 0.15) is 0 Å². The van der Waals surface area contributed by atoms with Crippen molar-refractivity contribution in [3.8, 4) is 0 Å². The number of hydrogen-bond donors (Lipinski definition) is 0. The lowest BCUT2D eigenvalue weighted by Crippen LogP contribution is -2.52. The first-order valence-electron chi connectivity index (χ1n) is 11.2. The van der Waals surface area contributed by atoms with Crippen LogP contribution in [0.2, 0.25) is 0 Å². The number of nitrogens with zero attached hydrogens (tertiary/aromatic N) is 4. The Morgan fingerprint density at radius 1 is 1.00 bits per heavy atom. The van der Waals surface area contributed by atoms with Gasteiger partial charge in [0.15, 0.2) is 0 Å². The van der Waals surface area contributed by atoms with Crippen LogP contribution in [-0.4, -0.2) is 110 Å². The van der Waals surface area contributed by atoms with Gasteiger partial charge in [-0.15, -0.1) is 0 Å². The van der Waals surface area contributed by atoms with Gasteiger partial charge in [-0.3, -0.25) is 14.5 Å². The van der Waals surface area contributed by atoms with Gasteiger partial charge in [0.25, 0.3) is 0 Å². The highest BCUT2D eigenvalue weighted by Crippen LogP contribution is 2.18. The van der Waals surface area contributed by atoms with Gasteiger partial charge < -0.3 is 19.4 Å². The fraction of sp³-hybridized carbons (Fsp3) is 0.905. The van der Waals surface area contributed by atoms with Crippen LogP contribution >= 0.6 is 0 Å². The lowest BCUT2D eigenvalue weighted by molar-refractivity contribution is -0.144. The first kappa shape index (κ1) is 21.5. The Morgan fingerprint density at radius 2 is 1.75 bits per heavy atom. The molecule has 0 atom stereocenters. The average Bonchev–Trinajstić information content (AvgIpc) is 2.72. The first-order chi connectivity index (χ1) is 13.6. The number of piperazine rings is 1. The number of amides is 1. The Labute approximate surface area is 169 Å². The van der Waals surface area contributed by atoms with Crippen LogP contribution in [0.3, 0.4) is 0 Å². The second kappa shape index (κ2) is 11.1. The summed E-state index contributed by atoms with van der Waals surface area (Å²) < 4.78 is 5.37. The maximum atomic E-state index is 12.0. The van der Waals surface area contributed by atoms with E-state index in [1.165, 1.54) is 39.0 Å². The average molecular weight is 395 g/mol. The zero-order valence-corrected chi connectivity index (χ0v) is 17.6.